The normalized spacial score (nSPS) is 12.1. The van der Waals surface area contributed by atoms with Crippen molar-refractivity contribution in [3.63, 3.8) is 0 Å². The molecule has 1 aromatic heterocycles. The van der Waals surface area contributed by atoms with E-state index >= 15 is 0 Å². The minimum atomic E-state index is -4.34. The minimum Gasteiger partial charge on any atom is -0.365 e. The molecule has 0 aliphatic heterocycles. The second-order valence-corrected chi connectivity index (χ2v) is 6.26. The van der Waals surface area contributed by atoms with Gasteiger partial charge in [-0.2, -0.15) is 13.2 Å². The van der Waals surface area contributed by atoms with Crippen LogP contribution in [0.4, 0.5) is 30.5 Å². The van der Waals surface area contributed by atoms with E-state index in [2.05, 4.69) is 20.6 Å². The highest BCUT2D eigenvalue weighted by Gasteiger charge is 2.29. The molecule has 0 bridgehead atoms. The molecule has 0 radical (unpaired) electrons. The van der Waals surface area contributed by atoms with Crippen molar-refractivity contribution in [2.75, 3.05) is 10.6 Å². The van der Waals surface area contributed by atoms with Crippen molar-refractivity contribution >= 4 is 17.3 Å². The number of benzene rings is 1. The molecule has 0 aliphatic rings. The van der Waals surface area contributed by atoms with E-state index in [0.717, 1.165) is 12.1 Å². The van der Waals surface area contributed by atoms with Crippen LogP contribution >= 0.6 is 0 Å². The van der Waals surface area contributed by atoms with Crippen molar-refractivity contribution in [3.8, 4) is 0 Å². The van der Waals surface area contributed by atoms with E-state index < -0.39 is 11.7 Å². The van der Waals surface area contributed by atoms with Gasteiger partial charge in [-0.3, -0.25) is 0 Å². The molecule has 0 spiro atoms. The van der Waals surface area contributed by atoms with Gasteiger partial charge in [-0.15, -0.1) is 0 Å². The lowest BCUT2D eigenvalue weighted by Crippen LogP contribution is -2.26. The van der Waals surface area contributed by atoms with E-state index in [4.69, 9.17) is 0 Å². The van der Waals surface area contributed by atoms with Crippen LogP contribution in [0.1, 0.15) is 32.2 Å². The molecule has 4 nitrogen and oxygen atoms in total. The molecule has 0 amide bonds. The van der Waals surface area contributed by atoms with E-state index in [1.807, 2.05) is 20.8 Å². The van der Waals surface area contributed by atoms with Gasteiger partial charge in [-0.1, -0.05) is 0 Å². The molecule has 1 heterocycles. The number of hydrogen-bond acceptors (Lipinski definition) is 4. The number of hydrogen-bond donors (Lipinski definition) is 2. The average Bonchev–Trinajstić information content (AvgIpc) is 2.35. The first kappa shape index (κ1) is 17.1. The molecule has 124 valence electrons. The average molecular weight is 324 g/mol. The van der Waals surface area contributed by atoms with Crippen LogP contribution in [-0.4, -0.2) is 15.5 Å². The summed E-state index contributed by atoms with van der Waals surface area (Å²) in [6.07, 6.45) is -4.34. The zero-order chi connectivity index (χ0) is 17.3. The molecule has 0 aliphatic carbocycles. The van der Waals surface area contributed by atoms with Crippen LogP contribution in [0.25, 0.3) is 0 Å². The third-order valence-corrected chi connectivity index (χ3v) is 2.83. The van der Waals surface area contributed by atoms with E-state index in [9.17, 15) is 13.2 Å². The number of alkyl halides is 3. The number of nitrogens with one attached hydrogen (secondary N) is 2. The van der Waals surface area contributed by atoms with E-state index in [1.54, 1.807) is 13.0 Å². The van der Waals surface area contributed by atoms with Crippen LogP contribution in [0, 0.1) is 6.92 Å². The Labute approximate surface area is 133 Å². The Bertz CT molecular complexity index is 673. The summed E-state index contributed by atoms with van der Waals surface area (Å²) in [5.41, 5.74) is -0.318. The van der Waals surface area contributed by atoms with Crippen LogP contribution in [0.3, 0.4) is 0 Å². The summed E-state index contributed by atoms with van der Waals surface area (Å²) < 4.78 is 37.7. The Morgan fingerprint density at radius 3 is 2.00 bits per heavy atom. The Kier molecular flexibility index (Phi) is 4.49. The minimum absolute atomic E-state index is 0.160. The second-order valence-electron chi connectivity index (χ2n) is 6.26. The Balaban J connectivity index is 2.20. The van der Waals surface area contributed by atoms with E-state index in [0.29, 0.717) is 23.1 Å². The molecule has 2 N–H and O–H groups in total. The number of aryl methyl sites for hydroxylation is 1. The lowest BCUT2D eigenvalue weighted by molar-refractivity contribution is -0.137. The van der Waals surface area contributed by atoms with Gasteiger partial charge in [0, 0.05) is 17.3 Å². The van der Waals surface area contributed by atoms with Gasteiger partial charge in [0.1, 0.15) is 17.5 Å². The summed E-state index contributed by atoms with van der Waals surface area (Å²) in [6, 6.07) is 6.53. The molecule has 7 heteroatoms. The van der Waals surface area contributed by atoms with Crippen LogP contribution in [0.15, 0.2) is 30.3 Å². The molecule has 0 atom stereocenters. The fraction of sp³-hybridized carbons (Fsp3) is 0.375. The molecule has 23 heavy (non-hydrogen) atoms. The summed E-state index contributed by atoms with van der Waals surface area (Å²) in [4.78, 5) is 8.54. The third kappa shape index (κ3) is 5.12. The van der Waals surface area contributed by atoms with Gasteiger partial charge in [0.05, 0.1) is 5.56 Å². The van der Waals surface area contributed by atoms with Crippen molar-refractivity contribution in [3.05, 3.63) is 41.7 Å². The standard InChI is InChI=1S/C16H19F3N4/c1-10-20-13(9-14(21-10)23-15(2,3)4)22-12-7-5-11(6-8-12)16(17,18)19/h5-9H,1-4H3,(H2,20,21,22,23). The number of rotatable bonds is 3. The lowest BCUT2D eigenvalue weighted by atomic mass is 10.1. The van der Waals surface area contributed by atoms with Gasteiger partial charge in [0.25, 0.3) is 0 Å². The predicted molar refractivity (Wildman–Crippen MR) is 84.9 cm³/mol. The maximum absolute atomic E-state index is 12.6. The maximum Gasteiger partial charge on any atom is 0.416 e. The van der Waals surface area contributed by atoms with Crippen molar-refractivity contribution in [2.24, 2.45) is 0 Å². The Hall–Kier alpha value is -2.31. The Morgan fingerprint density at radius 2 is 1.48 bits per heavy atom. The molecule has 1 aromatic carbocycles. The van der Waals surface area contributed by atoms with Crippen LogP contribution < -0.4 is 10.6 Å². The second kappa shape index (κ2) is 6.06. The monoisotopic (exact) mass is 324 g/mol. The molecular weight excluding hydrogens is 305 g/mol. The van der Waals surface area contributed by atoms with Gasteiger partial charge in [0.2, 0.25) is 0 Å². The molecule has 2 rings (SSSR count). The maximum atomic E-state index is 12.6. The highest BCUT2D eigenvalue weighted by molar-refractivity contribution is 5.59. The smallest absolute Gasteiger partial charge is 0.365 e. The lowest BCUT2D eigenvalue weighted by Gasteiger charge is -2.21. The Morgan fingerprint density at radius 1 is 0.913 bits per heavy atom. The largest absolute Gasteiger partial charge is 0.416 e. The van der Waals surface area contributed by atoms with Gasteiger partial charge >= 0.3 is 6.18 Å². The van der Waals surface area contributed by atoms with Crippen LogP contribution in [0.5, 0.6) is 0 Å². The van der Waals surface area contributed by atoms with Crippen molar-refractivity contribution in [1.82, 2.24) is 9.97 Å². The topological polar surface area (TPSA) is 49.8 Å². The zero-order valence-electron chi connectivity index (χ0n) is 13.4. The predicted octanol–water partition coefficient (Wildman–Crippen LogP) is 4.76. The molecular formula is C16H19F3N4. The van der Waals surface area contributed by atoms with Crippen molar-refractivity contribution < 1.29 is 13.2 Å². The molecule has 0 saturated carbocycles. The van der Waals surface area contributed by atoms with Gasteiger partial charge in [-0.05, 0) is 52.0 Å². The van der Waals surface area contributed by atoms with Crippen LogP contribution in [0.2, 0.25) is 0 Å². The summed E-state index contributed by atoms with van der Waals surface area (Å²) in [6.45, 7) is 7.78. The fourth-order valence-corrected chi connectivity index (χ4v) is 1.97. The third-order valence-electron chi connectivity index (χ3n) is 2.83. The first-order chi connectivity index (χ1) is 10.5. The molecule has 0 saturated heterocycles. The summed E-state index contributed by atoms with van der Waals surface area (Å²) in [5.74, 6) is 1.73. The summed E-state index contributed by atoms with van der Waals surface area (Å²) in [7, 11) is 0. The first-order valence-electron chi connectivity index (χ1n) is 7.11. The van der Waals surface area contributed by atoms with Gasteiger partial charge in [-0.25, -0.2) is 9.97 Å². The molecule has 0 unspecified atom stereocenters. The first-order valence-corrected chi connectivity index (χ1v) is 7.11. The SMILES string of the molecule is Cc1nc(Nc2ccc(C(F)(F)F)cc2)cc(NC(C)(C)C)n1. The van der Waals surface area contributed by atoms with Gasteiger partial charge in [0.15, 0.2) is 0 Å². The van der Waals surface area contributed by atoms with E-state index in [-0.39, 0.29) is 5.54 Å². The number of halogens is 3. The van der Waals surface area contributed by atoms with Crippen molar-refractivity contribution in [2.45, 2.75) is 39.4 Å². The highest BCUT2D eigenvalue weighted by atomic mass is 19.4. The van der Waals surface area contributed by atoms with Crippen molar-refractivity contribution in [1.29, 1.82) is 0 Å². The summed E-state index contributed by atoms with van der Waals surface area (Å²) >= 11 is 0. The highest BCUT2D eigenvalue weighted by Crippen LogP contribution is 2.30. The summed E-state index contributed by atoms with van der Waals surface area (Å²) in [5, 5.41) is 6.23. The quantitative estimate of drug-likeness (QED) is 0.855. The zero-order valence-corrected chi connectivity index (χ0v) is 13.4. The number of anilines is 3. The number of aromatic nitrogens is 2. The fourth-order valence-electron chi connectivity index (χ4n) is 1.97. The molecule has 2 aromatic rings. The number of nitrogens with zero attached hydrogens (tertiary/aromatic N) is 2. The van der Waals surface area contributed by atoms with Crippen LogP contribution in [-0.2, 0) is 6.18 Å². The molecule has 0 fully saturated rings. The van der Waals surface area contributed by atoms with Gasteiger partial charge < -0.3 is 10.6 Å². The van der Waals surface area contributed by atoms with E-state index in [1.165, 1.54) is 12.1 Å².